The summed E-state index contributed by atoms with van der Waals surface area (Å²) in [6, 6.07) is 0. The molecule has 10 heteroatoms. The highest BCUT2D eigenvalue weighted by Gasteiger charge is 2.39. The molecule has 0 atom stereocenters. The summed E-state index contributed by atoms with van der Waals surface area (Å²) in [4.78, 5) is 24.8. The molecular weight excluding hydrogens is 344 g/mol. The van der Waals surface area contributed by atoms with Crippen molar-refractivity contribution in [3.05, 3.63) is 11.8 Å². The van der Waals surface area contributed by atoms with E-state index in [1.165, 1.54) is 41.5 Å². The van der Waals surface area contributed by atoms with Crippen LogP contribution in [0.15, 0.2) is 10.4 Å². The van der Waals surface area contributed by atoms with Crippen LogP contribution in [-0.2, 0) is 9.59 Å². The largest absolute Gasteiger partial charge is 0.394 e. The smallest absolute Gasteiger partial charge is 0.251 e. The number of hydrogen-bond acceptors (Lipinski definition) is 8. The SMILES string of the molecule is C[C](C)C(=O)N(N=NN(C(=O)[C](C)C)C(C)(CO)CO)C(C)(CO)CO. The number of rotatable bonds is 10. The summed E-state index contributed by atoms with van der Waals surface area (Å²) in [5.74, 6) is -0.585. The van der Waals surface area contributed by atoms with E-state index in [2.05, 4.69) is 10.4 Å². The van der Waals surface area contributed by atoms with E-state index in [4.69, 9.17) is 0 Å². The monoisotopic (exact) mass is 374 g/mol. The van der Waals surface area contributed by atoms with Gasteiger partial charge in [0.2, 0.25) is 0 Å². The Morgan fingerprint density at radius 3 is 1.08 bits per heavy atom. The summed E-state index contributed by atoms with van der Waals surface area (Å²) in [5, 5.41) is 47.4. The highest BCUT2D eigenvalue weighted by Crippen LogP contribution is 2.23. The Morgan fingerprint density at radius 1 is 0.692 bits per heavy atom. The number of aliphatic hydroxyl groups is 4. The van der Waals surface area contributed by atoms with Gasteiger partial charge < -0.3 is 20.4 Å². The fraction of sp³-hybridized carbons (Fsp3) is 0.750. The van der Waals surface area contributed by atoms with E-state index in [0.29, 0.717) is 11.8 Å². The molecule has 0 heterocycles. The van der Waals surface area contributed by atoms with Crippen molar-refractivity contribution in [3.8, 4) is 0 Å². The van der Waals surface area contributed by atoms with Crippen molar-refractivity contribution >= 4 is 11.8 Å². The van der Waals surface area contributed by atoms with E-state index in [-0.39, 0.29) is 0 Å². The fourth-order valence-corrected chi connectivity index (χ4v) is 1.66. The van der Waals surface area contributed by atoms with Crippen LogP contribution in [0.25, 0.3) is 0 Å². The van der Waals surface area contributed by atoms with Gasteiger partial charge in [0, 0.05) is 0 Å². The standard InChI is InChI=1S/C16H30N4O6/c1-11(2)13(25)19(15(5,7-21)8-22)17-18-20(14(26)12(3)4)16(6,9-23)10-24/h21-24H,7-10H2,1-6H3. The molecule has 0 bridgehead atoms. The van der Waals surface area contributed by atoms with E-state index < -0.39 is 49.3 Å². The van der Waals surface area contributed by atoms with Crippen LogP contribution >= 0.6 is 0 Å². The average Bonchev–Trinajstić information content (AvgIpc) is 2.62. The zero-order valence-electron chi connectivity index (χ0n) is 16.2. The second-order valence-corrected chi connectivity index (χ2v) is 7.04. The molecule has 2 amide bonds. The molecule has 0 aromatic carbocycles. The van der Waals surface area contributed by atoms with Gasteiger partial charge in [-0.25, -0.2) is 10.0 Å². The van der Waals surface area contributed by atoms with Crippen LogP contribution in [0.1, 0.15) is 41.5 Å². The number of hydrogen-bond donors (Lipinski definition) is 4. The van der Waals surface area contributed by atoms with Crippen LogP contribution in [0.3, 0.4) is 0 Å². The minimum atomic E-state index is -1.47. The van der Waals surface area contributed by atoms with Crippen LogP contribution in [0.5, 0.6) is 0 Å². The Hall–Kier alpha value is -1.62. The minimum Gasteiger partial charge on any atom is -0.394 e. The lowest BCUT2D eigenvalue weighted by Gasteiger charge is -2.37. The number of nitrogens with zero attached hydrogens (tertiary/aromatic N) is 4. The van der Waals surface area contributed by atoms with Gasteiger partial charge in [0.25, 0.3) is 11.8 Å². The predicted molar refractivity (Wildman–Crippen MR) is 92.9 cm³/mol. The van der Waals surface area contributed by atoms with Gasteiger partial charge in [0.1, 0.15) is 11.1 Å². The number of aliphatic hydroxyl groups excluding tert-OH is 4. The quantitative estimate of drug-likeness (QED) is 0.303. The molecule has 2 radical (unpaired) electrons. The van der Waals surface area contributed by atoms with Gasteiger partial charge in [-0.15, -0.1) is 0 Å². The summed E-state index contributed by atoms with van der Waals surface area (Å²) in [6.07, 6.45) is 0. The summed E-state index contributed by atoms with van der Waals surface area (Å²) in [5.41, 5.74) is -2.93. The Balaban J connectivity index is 6.10. The van der Waals surface area contributed by atoms with Crippen LogP contribution in [0.4, 0.5) is 0 Å². The van der Waals surface area contributed by atoms with Crippen molar-refractivity contribution in [1.29, 1.82) is 0 Å². The topological polar surface area (TPSA) is 146 Å². The second kappa shape index (κ2) is 9.91. The van der Waals surface area contributed by atoms with Crippen LogP contribution in [-0.4, -0.2) is 79.8 Å². The highest BCUT2D eigenvalue weighted by molar-refractivity contribution is 5.90. The molecule has 10 nitrogen and oxygen atoms in total. The normalized spacial score (nSPS) is 12.9. The second-order valence-electron chi connectivity index (χ2n) is 7.04. The Bertz CT molecular complexity index is 457. The van der Waals surface area contributed by atoms with Crippen molar-refractivity contribution in [2.24, 2.45) is 10.4 Å². The van der Waals surface area contributed by atoms with Gasteiger partial charge in [0.15, 0.2) is 0 Å². The van der Waals surface area contributed by atoms with E-state index in [0.717, 1.165) is 10.0 Å². The predicted octanol–water partition coefficient (Wildman–Crippen LogP) is -0.359. The average molecular weight is 374 g/mol. The maximum absolute atomic E-state index is 12.4. The lowest BCUT2D eigenvalue weighted by molar-refractivity contribution is -0.146. The molecule has 0 aromatic heterocycles. The number of carbonyl (C=O) groups is 2. The van der Waals surface area contributed by atoms with Crippen LogP contribution in [0, 0.1) is 11.8 Å². The van der Waals surface area contributed by atoms with Crippen molar-refractivity contribution in [1.82, 2.24) is 10.0 Å². The van der Waals surface area contributed by atoms with E-state index >= 15 is 0 Å². The molecule has 0 rings (SSSR count). The molecule has 150 valence electrons. The lowest BCUT2D eigenvalue weighted by atomic mass is 10.0. The molecule has 0 saturated heterocycles. The Labute approximate surface area is 154 Å². The van der Waals surface area contributed by atoms with Gasteiger partial charge >= 0.3 is 0 Å². The zero-order valence-corrected chi connectivity index (χ0v) is 16.2. The lowest BCUT2D eigenvalue weighted by Crippen LogP contribution is -2.55. The summed E-state index contributed by atoms with van der Waals surface area (Å²) >= 11 is 0. The van der Waals surface area contributed by atoms with Crippen LogP contribution in [0.2, 0.25) is 0 Å². The molecule has 0 unspecified atom stereocenters. The first-order chi connectivity index (χ1) is 11.9. The Morgan fingerprint density at radius 2 is 0.923 bits per heavy atom. The van der Waals surface area contributed by atoms with Gasteiger partial charge in [-0.3, -0.25) is 9.59 Å². The molecule has 0 spiro atoms. The molecule has 0 aromatic rings. The number of carbonyl (C=O) groups excluding carboxylic acids is 2. The van der Waals surface area contributed by atoms with E-state index in [1.807, 2.05) is 0 Å². The van der Waals surface area contributed by atoms with Gasteiger partial charge in [-0.1, -0.05) is 0 Å². The van der Waals surface area contributed by atoms with Crippen molar-refractivity contribution in [2.75, 3.05) is 26.4 Å². The third-order valence-corrected chi connectivity index (χ3v) is 3.84. The summed E-state index contributed by atoms with van der Waals surface area (Å²) in [6.45, 7) is 6.48. The molecule has 0 fully saturated rings. The third kappa shape index (κ3) is 5.44. The molecule has 0 aliphatic carbocycles. The molecule has 0 saturated carbocycles. The number of amides is 2. The molecular formula is C16H30N4O6. The maximum atomic E-state index is 12.4. The van der Waals surface area contributed by atoms with Gasteiger partial charge in [-0.2, -0.15) is 0 Å². The first-order valence-electron chi connectivity index (χ1n) is 8.08. The zero-order chi connectivity index (χ0) is 20.7. The third-order valence-electron chi connectivity index (χ3n) is 3.84. The Kier molecular flexibility index (Phi) is 9.29. The van der Waals surface area contributed by atoms with E-state index in [1.54, 1.807) is 0 Å². The molecule has 4 N–H and O–H groups in total. The van der Waals surface area contributed by atoms with Crippen molar-refractivity contribution < 1.29 is 30.0 Å². The summed E-state index contributed by atoms with van der Waals surface area (Å²) < 4.78 is 0. The van der Waals surface area contributed by atoms with Crippen molar-refractivity contribution in [3.63, 3.8) is 0 Å². The molecule has 0 aliphatic heterocycles. The van der Waals surface area contributed by atoms with Crippen LogP contribution < -0.4 is 0 Å². The fourth-order valence-electron chi connectivity index (χ4n) is 1.66. The van der Waals surface area contributed by atoms with Crippen molar-refractivity contribution in [2.45, 2.75) is 52.6 Å². The maximum Gasteiger partial charge on any atom is 0.251 e. The summed E-state index contributed by atoms with van der Waals surface area (Å²) in [7, 11) is 0. The first kappa shape index (κ1) is 24.4. The minimum absolute atomic E-state index is 0.320. The highest BCUT2D eigenvalue weighted by atomic mass is 16.3. The first-order valence-corrected chi connectivity index (χ1v) is 8.08. The van der Waals surface area contributed by atoms with E-state index in [9.17, 15) is 30.0 Å². The van der Waals surface area contributed by atoms with Gasteiger partial charge in [-0.05, 0) is 52.0 Å². The molecule has 0 aliphatic rings. The molecule has 26 heavy (non-hydrogen) atoms. The van der Waals surface area contributed by atoms with Gasteiger partial charge in [0.05, 0.1) is 38.3 Å².